The molecule has 0 bridgehead atoms. The molecule has 0 saturated heterocycles. The Morgan fingerprint density at radius 3 is 2.88 bits per heavy atom. The number of fused-ring (bicyclic) bond motifs is 1. The van der Waals surface area contributed by atoms with E-state index in [0.29, 0.717) is 12.1 Å². The fourth-order valence-corrected chi connectivity index (χ4v) is 2.94. The molecule has 0 radical (unpaired) electrons. The SMILES string of the molecule is CCN1C(=O)C(C)Sc2cc(C=O)ccc21. The van der Waals surface area contributed by atoms with Crippen LogP contribution < -0.4 is 4.90 Å². The Morgan fingerprint density at radius 1 is 1.50 bits per heavy atom. The van der Waals surface area contributed by atoms with Gasteiger partial charge in [-0.3, -0.25) is 9.59 Å². The van der Waals surface area contributed by atoms with Gasteiger partial charge in [0.2, 0.25) is 5.91 Å². The van der Waals surface area contributed by atoms with Crippen molar-refractivity contribution < 1.29 is 9.59 Å². The molecule has 1 atom stereocenters. The minimum atomic E-state index is -0.0747. The number of nitrogens with zero attached hydrogens (tertiary/aromatic N) is 1. The molecule has 0 fully saturated rings. The van der Waals surface area contributed by atoms with Crippen molar-refractivity contribution in [3.63, 3.8) is 0 Å². The van der Waals surface area contributed by atoms with E-state index in [2.05, 4.69) is 0 Å². The third kappa shape index (κ3) is 1.73. The minimum absolute atomic E-state index is 0.0747. The van der Waals surface area contributed by atoms with E-state index in [1.165, 1.54) is 11.8 Å². The number of hydrogen-bond donors (Lipinski definition) is 0. The molecule has 2 rings (SSSR count). The van der Waals surface area contributed by atoms with E-state index < -0.39 is 0 Å². The van der Waals surface area contributed by atoms with Gasteiger partial charge in [0.05, 0.1) is 10.9 Å². The molecular weight excluding hydrogens is 222 g/mol. The lowest BCUT2D eigenvalue weighted by molar-refractivity contribution is -0.117. The minimum Gasteiger partial charge on any atom is -0.311 e. The van der Waals surface area contributed by atoms with Crippen molar-refractivity contribution in [2.24, 2.45) is 0 Å². The molecule has 0 aliphatic carbocycles. The normalized spacial score (nSPS) is 19.5. The molecule has 16 heavy (non-hydrogen) atoms. The average molecular weight is 235 g/mol. The second-order valence-electron chi connectivity index (χ2n) is 3.69. The molecule has 1 aromatic carbocycles. The summed E-state index contributed by atoms with van der Waals surface area (Å²) in [5.74, 6) is 0.138. The van der Waals surface area contributed by atoms with Gasteiger partial charge in [-0.25, -0.2) is 0 Å². The van der Waals surface area contributed by atoms with Gasteiger partial charge >= 0.3 is 0 Å². The topological polar surface area (TPSA) is 37.4 Å². The van der Waals surface area contributed by atoms with Crippen LogP contribution in [0.25, 0.3) is 0 Å². The van der Waals surface area contributed by atoms with E-state index in [9.17, 15) is 9.59 Å². The van der Waals surface area contributed by atoms with Gasteiger partial charge in [-0.1, -0.05) is 0 Å². The molecule has 0 saturated carbocycles. The lowest BCUT2D eigenvalue weighted by atomic mass is 10.2. The Balaban J connectivity index is 2.50. The van der Waals surface area contributed by atoms with Gasteiger partial charge in [0.1, 0.15) is 6.29 Å². The first-order chi connectivity index (χ1) is 7.67. The van der Waals surface area contributed by atoms with Gasteiger partial charge in [0.25, 0.3) is 0 Å². The van der Waals surface area contributed by atoms with E-state index in [-0.39, 0.29) is 11.2 Å². The fourth-order valence-electron chi connectivity index (χ4n) is 1.83. The van der Waals surface area contributed by atoms with Crippen molar-refractivity contribution in [3.8, 4) is 0 Å². The molecular formula is C12H13NO2S. The number of carbonyl (C=O) groups is 2. The summed E-state index contributed by atoms with van der Waals surface area (Å²) in [6, 6.07) is 5.44. The van der Waals surface area contributed by atoms with Gasteiger partial charge in [-0.2, -0.15) is 0 Å². The van der Waals surface area contributed by atoms with Crippen LogP contribution in [0.3, 0.4) is 0 Å². The zero-order chi connectivity index (χ0) is 11.7. The second-order valence-corrected chi connectivity index (χ2v) is 5.07. The van der Waals surface area contributed by atoms with Gasteiger partial charge in [0.15, 0.2) is 0 Å². The second kappa shape index (κ2) is 4.29. The van der Waals surface area contributed by atoms with Crippen LogP contribution in [-0.2, 0) is 4.79 Å². The highest BCUT2D eigenvalue weighted by Crippen LogP contribution is 2.39. The number of carbonyl (C=O) groups excluding carboxylic acids is 2. The molecule has 1 aliphatic rings. The number of anilines is 1. The fraction of sp³-hybridized carbons (Fsp3) is 0.333. The summed E-state index contributed by atoms with van der Waals surface area (Å²) in [5.41, 5.74) is 1.57. The summed E-state index contributed by atoms with van der Waals surface area (Å²) < 4.78 is 0. The van der Waals surface area contributed by atoms with Crippen LogP contribution in [0.5, 0.6) is 0 Å². The van der Waals surface area contributed by atoms with E-state index >= 15 is 0 Å². The maximum atomic E-state index is 11.9. The Labute approximate surface area is 98.8 Å². The summed E-state index contributed by atoms with van der Waals surface area (Å²) >= 11 is 1.52. The summed E-state index contributed by atoms with van der Waals surface area (Å²) in [6.07, 6.45) is 0.832. The highest BCUT2D eigenvalue weighted by molar-refractivity contribution is 8.01. The molecule has 1 unspecified atom stereocenters. The molecule has 3 nitrogen and oxygen atoms in total. The lowest BCUT2D eigenvalue weighted by Crippen LogP contribution is -2.39. The Hall–Kier alpha value is -1.29. The van der Waals surface area contributed by atoms with Gasteiger partial charge < -0.3 is 4.90 Å². The molecule has 1 heterocycles. The lowest BCUT2D eigenvalue weighted by Gasteiger charge is -2.31. The van der Waals surface area contributed by atoms with E-state index in [0.717, 1.165) is 16.9 Å². The van der Waals surface area contributed by atoms with Crippen molar-refractivity contribution in [2.75, 3.05) is 11.4 Å². The first kappa shape index (κ1) is 11.2. The molecule has 84 valence electrons. The maximum Gasteiger partial charge on any atom is 0.240 e. The Kier molecular flexibility index (Phi) is 3.01. The van der Waals surface area contributed by atoms with Gasteiger partial charge in [0, 0.05) is 17.0 Å². The van der Waals surface area contributed by atoms with E-state index in [1.54, 1.807) is 11.0 Å². The first-order valence-electron chi connectivity index (χ1n) is 5.24. The quantitative estimate of drug-likeness (QED) is 0.738. The number of amides is 1. The van der Waals surface area contributed by atoms with Crippen molar-refractivity contribution in [2.45, 2.75) is 24.0 Å². The third-order valence-electron chi connectivity index (χ3n) is 2.64. The van der Waals surface area contributed by atoms with Gasteiger partial charge in [-0.05, 0) is 32.0 Å². The highest BCUT2D eigenvalue weighted by atomic mass is 32.2. The molecule has 1 aliphatic heterocycles. The average Bonchev–Trinajstić information content (AvgIpc) is 2.30. The molecule has 0 spiro atoms. The van der Waals surface area contributed by atoms with E-state index in [4.69, 9.17) is 0 Å². The van der Waals surface area contributed by atoms with E-state index in [1.807, 2.05) is 26.0 Å². The van der Waals surface area contributed by atoms with Crippen molar-refractivity contribution in [1.82, 2.24) is 0 Å². The predicted molar refractivity (Wildman–Crippen MR) is 65.2 cm³/mol. The van der Waals surface area contributed by atoms with Crippen molar-refractivity contribution in [1.29, 1.82) is 0 Å². The third-order valence-corrected chi connectivity index (χ3v) is 3.78. The number of hydrogen-bond acceptors (Lipinski definition) is 3. The number of benzene rings is 1. The molecule has 4 heteroatoms. The van der Waals surface area contributed by atoms with Crippen LogP contribution >= 0.6 is 11.8 Å². The van der Waals surface area contributed by atoms with Crippen molar-refractivity contribution in [3.05, 3.63) is 23.8 Å². The van der Waals surface area contributed by atoms with Crippen LogP contribution in [0, 0.1) is 0 Å². The number of rotatable bonds is 2. The maximum absolute atomic E-state index is 11.9. The zero-order valence-electron chi connectivity index (χ0n) is 9.27. The Morgan fingerprint density at radius 2 is 2.25 bits per heavy atom. The zero-order valence-corrected chi connectivity index (χ0v) is 10.1. The Bertz CT molecular complexity index is 445. The summed E-state index contributed by atoms with van der Waals surface area (Å²) in [5, 5.41) is -0.0747. The van der Waals surface area contributed by atoms with Crippen molar-refractivity contribution >= 4 is 29.6 Å². The van der Waals surface area contributed by atoms with Crippen LogP contribution in [0.1, 0.15) is 24.2 Å². The van der Waals surface area contributed by atoms with Crippen LogP contribution in [0.4, 0.5) is 5.69 Å². The highest BCUT2D eigenvalue weighted by Gasteiger charge is 2.29. The first-order valence-corrected chi connectivity index (χ1v) is 6.12. The largest absolute Gasteiger partial charge is 0.311 e. The summed E-state index contributed by atoms with van der Waals surface area (Å²) in [4.78, 5) is 25.4. The van der Waals surface area contributed by atoms with Crippen LogP contribution in [0.15, 0.2) is 23.1 Å². The molecule has 1 aromatic rings. The number of thioether (sulfide) groups is 1. The van der Waals surface area contributed by atoms with Gasteiger partial charge in [-0.15, -0.1) is 11.8 Å². The van der Waals surface area contributed by atoms with Crippen LogP contribution in [0.2, 0.25) is 0 Å². The number of aldehydes is 1. The monoisotopic (exact) mass is 235 g/mol. The molecule has 1 amide bonds. The standard InChI is InChI=1S/C12H13NO2S/c1-3-13-10-5-4-9(7-14)6-11(10)16-8(2)12(13)15/h4-8H,3H2,1-2H3. The summed E-state index contributed by atoms with van der Waals surface area (Å²) in [7, 11) is 0. The van der Waals surface area contributed by atoms with Crippen LogP contribution in [-0.4, -0.2) is 24.0 Å². The predicted octanol–water partition coefficient (Wildman–Crippen LogP) is 2.35. The molecule has 0 aromatic heterocycles. The smallest absolute Gasteiger partial charge is 0.240 e. The molecule has 0 N–H and O–H groups in total. The summed E-state index contributed by atoms with van der Waals surface area (Å²) in [6.45, 7) is 4.52.